The zero-order valence-electron chi connectivity index (χ0n) is 8.63. The number of aromatic carboxylic acids is 1. The van der Waals surface area contributed by atoms with Gasteiger partial charge in [0, 0.05) is 5.56 Å². The molecule has 0 aliphatic carbocycles. The molecule has 86 valence electrons. The van der Waals surface area contributed by atoms with Gasteiger partial charge in [-0.1, -0.05) is 0 Å². The van der Waals surface area contributed by atoms with E-state index in [0.29, 0.717) is 16.8 Å². The van der Waals surface area contributed by atoms with Crippen LogP contribution in [0.5, 0.6) is 0 Å². The molecule has 0 aliphatic rings. The number of hydrogen-bond acceptors (Lipinski definition) is 5. The third kappa shape index (κ3) is 1.54. The quantitative estimate of drug-likeness (QED) is 0.753. The molecule has 2 aromatic rings. The Balaban J connectivity index is 0.00000128. The highest BCUT2D eigenvalue weighted by atomic mass is 35.5. The summed E-state index contributed by atoms with van der Waals surface area (Å²) >= 11 is 0. The Morgan fingerprint density at radius 3 is 2.50 bits per heavy atom. The number of nitrogen functional groups attached to an aromatic ring is 1. The van der Waals surface area contributed by atoms with Crippen molar-refractivity contribution in [3.63, 3.8) is 0 Å². The SMILES string of the molecule is Cc1c(C(=O)O)nn2c(N)nnc2c1C.Cl. The van der Waals surface area contributed by atoms with Crippen molar-refractivity contribution < 1.29 is 9.90 Å². The van der Waals surface area contributed by atoms with E-state index in [9.17, 15) is 4.79 Å². The van der Waals surface area contributed by atoms with Gasteiger partial charge in [-0.25, -0.2) is 4.79 Å². The highest BCUT2D eigenvalue weighted by Gasteiger charge is 2.17. The average Bonchev–Trinajstić information content (AvgIpc) is 2.53. The fourth-order valence-electron chi connectivity index (χ4n) is 1.35. The van der Waals surface area contributed by atoms with Gasteiger partial charge in [0.25, 0.3) is 0 Å². The van der Waals surface area contributed by atoms with Crippen molar-refractivity contribution in [2.45, 2.75) is 13.8 Å². The summed E-state index contributed by atoms with van der Waals surface area (Å²) < 4.78 is 1.23. The molecule has 16 heavy (non-hydrogen) atoms. The molecule has 0 saturated carbocycles. The molecule has 0 spiro atoms. The summed E-state index contributed by atoms with van der Waals surface area (Å²) in [5.74, 6) is -1.01. The number of carboxylic acids is 1. The number of fused-ring (bicyclic) bond motifs is 1. The second kappa shape index (κ2) is 3.93. The minimum absolute atomic E-state index is 0. The lowest BCUT2D eigenvalue weighted by molar-refractivity contribution is 0.0688. The van der Waals surface area contributed by atoms with Crippen molar-refractivity contribution in [3.8, 4) is 0 Å². The van der Waals surface area contributed by atoms with Crippen molar-refractivity contribution in [3.05, 3.63) is 16.8 Å². The van der Waals surface area contributed by atoms with Gasteiger partial charge in [-0.05, 0) is 19.4 Å². The van der Waals surface area contributed by atoms with E-state index < -0.39 is 5.97 Å². The van der Waals surface area contributed by atoms with Gasteiger partial charge in [-0.2, -0.15) is 9.61 Å². The molecule has 0 unspecified atom stereocenters. The Morgan fingerprint density at radius 1 is 1.31 bits per heavy atom. The fourth-order valence-corrected chi connectivity index (χ4v) is 1.35. The molecule has 0 amide bonds. The van der Waals surface area contributed by atoms with E-state index in [2.05, 4.69) is 15.3 Å². The van der Waals surface area contributed by atoms with Gasteiger partial charge in [0.05, 0.1) is 0 Å². The topological polar surface area (TPSA) is 106 Å². The Hall–Kier alpha value is -1.89. The number of rotatable bonds is 1. The number of nitrogens with zero attached hydrogens (tertiary/aromatic N) is 4. The largest absolute Gasteiger partial charge is 0.476 e. The highest BCUT2D eigenvalue weighted by Crippen LogP contribution is 2.16. The number of aromatic nitrogens is 4. The van der Waals surface area contributed by atoms with E-state index >= 15 is 0 Å². The highest BCUT2D eigenvalue weighted by molar-refractivity contribution is 5.88. The second-order valence-electron chi connectivity index (χ2n) is 3.20. The summed E-state index contributed by atoms with van der Waals surface area (Å²) in [5.41, 5.74) is 7.23. The molecule has 3 N–H and O–H groups in total. The van der Waals surface area contributed by atoms with Crippen molar-refractivity contribution in [2.24, 2.45) is 0 Å². The van der Waals surface area contributed by atoms with E-state index in [-0.39, 0.29) is 24.0 Å². The summed E-state index contributed by atoms with van der Waals surface area (Å²) in [6, 6.07) is 0. The lowest BCUT2D eigenvalue weighted by Gasteiger charge is -2.04. The molecule has 2 heterocycles. The van der Waals surface area contributed by atoms with Crippen LogP contribution in [0.2, 0.25) is 0 Å². The van der Waals surface area contributed by atoms with Crippen LogP contribution in [0.3, 0.4) is 0 Å². The zero-order chi connectivity index (χ0) is 11.2. The van der Waals surface area contributed by atoms with Crippen LogP contribution in [0.4, 0.5) is 5.95 Å². The number of carboxylic acid groups (broad SMARTS) is 1. The number of halogens is 1. The van der Waals surface area contributed by atoms with Gasteiger partial charge in [0.1, 0.15) is 0 Å². The molecule has 7 nitrogen and oxygen atoms in total. The van der Waals surface area contributed by atoms with Gasteiger partial charge < -0.3 is 10.8 Å². The first-order valence-electron chi connectivity index (χ1n) is 4.23. The van der Waals surface area contributed by atoms with Crippen molar-refractivity contribution in [2.75, 3.05) is 5.73 Å². The van der Waals surface area contributed by atoms with Crippen molar-refractivity contribution >= 4 is 30.0 Å². The van der Waals surface area contributed by atoms with Crippen LogP contribution in [-0.4, -0.2) is 30.9 Å². The van der Waals surface area contributed by atoms with E-state index in [0.717, 1.165) is 0 Å². The molecular weight excluding hydrogens is 234 g/mol. The van der Waals surface area contributed by atoms with Crippen LogP contribution < -0.4 is 5.73 Å². The molecule has 2 rings (SSSR count). The van der Waals surface area contributed by atoms with Crippen LogP contribution in [0.25, 0.3) is 5.65 Å². The van der Waals surface area contributed by atoms with Crippen LogP contribution in [-0.2, 0) is 0 Å². The molecule has 2 aromatic heterocycles. The maximum absolute atomic E-state index is 10.9. The number of nitrogens with two attached hydrogens (primary N) is 1. The normalized spacial score (nSPS) is 10.1. The smallest absolute Gasteiger partial charge is 0.356 e. The third-order valence-electron chi connectivity index (χ3n) is 2.32. The molecule has 0 saturated heterocycles. The Morgan fingerprint density at radius 2 is 1.94 bits per heavy atom. The van der Waals surface area contributed by atoms with Crippen LogP contribution in [0.1, 0.15) is 21.6 Å². The number of hydrogen-bond donors (Lipinski definition) is 2. The van der Waals surface area contributed by atoms with Crippen LogP contribution >= 0.6 is 12.4 Å². The number of carbonyl (C=O) groups is 1. The predicted molar refractivity (Wildman–Crippen MR) is 58.9 cm³/mol. The van der Waals surface area contributed by atoms with Gasteiger partial charge in [0.2, 0.25) is 5.95 Å². The minimum Gasteiger partial charge on any atom is -0.476 e. The first-order chi connectivity index (χ1) is 7.02. The maximum atomic E-state index is 10.9. The molecule has 8 heteroatoms. The number of aryl methyl sites for hydroxylation is 1. The van der Waals surface area contributed by atoms with Gasteiger partial charge in [0.15, 0.2) is 11.3 Å². The van der Waals surface area contributed by atoms with E-state index in [4.69, 9.17) is 10.8 Å². The summed E-state index contributed by atoms with van der Waals surface area (Å²) in [6.45, 7) is 3.43. The maximum Gasteiger partial charge on any atom is 0.356 e. The fraction of sp³-hybridized carbons (Fsp3) is 0.250. The Kier molecular flexibility index (Phi) is 2.99. The third-order valence-corrected chi connectivity index (χ3v) is 2.32. The summed E-state index contributed by atoms with van der Waals surface area (Å²) in [7, 11) is 0. The minimum atomic E-state index is -1.09. The second-order valence-corrected chi connectivity index (χ2v) is 3.20. The molecule has 0 bridgehead atoms. The lowest BCUT2D eigenvalue weighted by Crippen LogP contribution is -2.11. The van der Waals surface area contributed by atoms with Crippen molar-refractivity contribution in [1.82, 2.24) is 19.8 Å². The molecular formula is C8H10ClN5O2. The molecule has 0 atom stereocenters. The van der Waals surface area contributed by atoms with Gasteiger partial charge >= 0.3 is 5.97 Å². The first-order valence-corrected chi connectivity index (χ1v) is 4.23. The molecule has 0 fully saturated rings. The van der Waals surface area contributed by atoms with Gasteiger partial charge in [-0.15, -0.1) is 22.6 Å². The lowest BCUT2D eigenvalue weighted by atomic mass is 10.1. The zero-order valence-corrected chi connectivity index (χ0v) is 9.45. The first kappa shape index (κ1) is 12.2. The Bertz CT molecular complexity index is 565. The number of anilines is 1. The van der Waals surface area contributed by atoms with E-state index in [1.54, 1.807) is 13.8 Å². The summed E-state index contributed by atoms with van der Waals surface area (Å²) in [4.78, 5) is 10.9. The standard InChI is InChI=1S/C8H9N5O2.ClH/c1-3-4(2)6-10-11-8(9)13(6)12-5(3)7(14)15;/h1-2H3,(H2,9,11)(H,14,15);1H. The molecule has 0 aliphatic heterocycles. The van der Waals surface area contributed by atoms with E-state index in [1.807, 2.05) is 0 Å². The monoisotopic (exact) mass is 243 g/mol. The summed E-state index contributed by atoms with van der Waals surface area (Å²) in [5, 5.41) is 20.2. The summed E-state index contributed by atoms with van der Waals surface area (Å²) in [6.07, 6.45) is 0. The Labute approximate surface area is 96.7 Å². The van der Waals surface area contributed by atoms with Gasteiger partial charge in [-0.3, -0.25) is 0 Å². The molecule has 0 aromatic carbocycles. The average molecular weight is 244 g/mol. The van der Waals surface area contributed by atoms with Crippen LogP contribution in [0, 0.1) is 13.8 Å². The molecule has 0 radical (unpaired) electrons. The van der Waals surface area contributed by atoms with Crippen LogP contribution in [0.15, 0.2) is 0 Å². The van der Waals surface area contributed by atoms with Crippen molar-refractivity contribution in [1.29, 1.82) is 0 Å². The van der Waals surface area contributed by atoms with E-state index in [1.165, 1.54) is 4.52 Å². The predicted octanol–water partition coefficient (Wildman–Crippen LogP) is 0.443.